The molecule has 0 aliphatic carbocycles. The van der Waals surface area contributed by atoms with E-state index < -0.39 is 5.82 Å². The zero-order valence-electron chi connectivity index (χ0n) is 11.9. The van der Waals surface area contributed by atoms with E-state index in [1.54, 1.807) is 11.2 Å². The van der Waals surface area contributed by atoms with E-state index in [0.717, 1.165) is 19.0 Å². The molecule has 1 fully saturated rings. The number of imidazole rings is 1. The highest BCUT2D eigenvalue weighted by molar-refractivity contribution is 5.93. The first-order valence-corrected chi connectivity index (χ1v) is 7.01. The summed E-state index contributed by atoms with van der Waals surface area (Å²) in [4.78, 5) is 22.0. The van der Waals surface area contributed by atoms with E-state index >= 15 is 0 Å². The molecule has 3 heterocycles. The first-order valence-electron chi connectivity index (χ1n) is 7.01. The van der Waals surface area contributed by atoms with Gasteiger partial charge in [-0.3, -0.25) is 9.78 Å². The molecule has 0 unspecified atom stereocenters. The number of carbonyl (C=O) groups excluding carboxylic acids is 1. The fourth-order valence-electron chi connectivity index (χ4n) is 2.85. The van der Waals surface area contributed by atoms with E-state index in [-0.39, 0.29) is 5.91 Å². The van der Waals surface area contributed by atoms with E-state index in [1.807, 2.05) is 17.8 Å². The fourth-order valence-corrected chi connectivity index (χ4v) is 2.85. The topological polar surface area (TPSA) is 51.0 Å². The standard InChI is InChI=1S/C15H17FN4O/c1-19-10-18-9-14(19)11-2-4-20(5-3-11)15(21)12-6-13(16)8-17-7-12/h6-11H,2-5H2,1H3. The normalized spacial score (nSPS) is 16.2. The number of rotatable bonds is 2. The number of hydrogen-bond donors (Lipinski definition) is 0. The van der Waals surface area contributed by atoms with Gasteiger partial charge < -0.3 is 9.47 Å². The Bertz CT molecular complexity index is 647. The predicted octanol–water partition coefficient (Wildman–Crippen LogP) is 1.97. The van der Waals surface area contributed by atoms with Crippen molar-refractivity contribution in [1.29, 1.82) is 0 Å². The molecule has 1 aliphatic rings. The van der Waals surface area contributed by atoms with Gasteiger partial charge in [-0.05, 0) is 18.9 Å². The lowest BCUT2D eigenvalue weighted by molar-refractivity contribution is 0.0710. The summed E-state index contributed by atoms with van der Waals surface area (Å²) in [7, 11) is 1.98. The van der Waals surface area contributed by atoms with Gasteiger partial charge in [0.1, 0.15) is 5.82 Å². The molecule has 1 saturated heterocycles. The van der Waals surface area contributed by atoms with Crippen molar-refractivity contribution in [3.8, 4) is 0 Å². The largest absolute Gasteiger partial charge is 0.339 e. The summed E-state index contributed by atoms with van der Waals surface area (Å²) in [5.74, 6) is -0.205. The highest BCUT2D eigenvalue weighted by Crippen LogP contribution is 2.28. The molecule has 0 aromatic carbocycles. The van der Waals surface area contributed by atoms with Crippen molar-refractivity contribution in [2.75, 3.05) is 13.1 Å². The van der Waals surface area contributed by atoms with Gasteiger partial charge in [0.05, 0.1) is 18.1 Å². The van der Waals surface area contributed by atoms with Crippen LogP contribution in [0.25, 0.3) is 0 Å². The number of pyridine rings is 1. The zero-order valence-corrected chi connectivity index (χ0v) is 11.9. The summed E-state index contributed by atoms with van der Waals surface area (Å²) in [5, 5.41) is 0. The molecule has 3 rings (SSSR count). The van der Waals surface area contributed by atoms with Gasteiger partial charge in [-0.15, -0.1) is 0 Å². The van der Waals surface area contributed by atoms with Gasteiger partial charge in [0.15, 0.2) is 0 Å². The molecule has 0 radical (unpaired) electrons. The van der Waals surface area contributed by atoms with Crippen molar-refractivity contribution < 1.29 is 9.18 Å². The van der Waals surface area contributed by atoms with Gasteiger partial charge in [-0.25, -0.2) is 9.37 Å². The Morgan fingerprint density at radius 1 is 1.24 bits per heavy atom. The number of aryl methyl sites for hydroxylation is 1. The van der Waals surface area contributed by atoms with Gasteiger partial charge in [-0.1, -0.05) is 0 Å². The third-order valence-corrected chi connectivity index (χ3v) is 4.01. The zero-order chi connectivity index (χ0) is 14.8. The van der Waals surface area contributed by atoms with Crippen LogP contribution in [0.3, 0.4) is 0 Å². The summed E-state index contributed by atoms with van der Waals surface area (Å²) in [5.41, 5.74) is 1.52. The molecule has 110 valence electrons. The molecule has 21 heavy (non-hydrogen) atoms. The number of aromatic nitrogens is 3. The van der Waals surface area contributed by atoms with Gasteiger partial charge in [-0.2, -0.15) is 0 Å². The van der Waals surface area contributed by atoms with Gasteiger partial charge >= 0.3 is 0 Å². The smallest absolute Gasteiger partial charge is 0.255 e. The average Bonchev–Trinajstić information content (AvgIpc) is 2.93. The van der Waals surface area contributed by atoms with Crippen molar-refractivity contribution in [2.24, 2.45) is 7.05 Å². The van der Waals surface area contributed by atoms with Crippen molar-refractivity contribution in [3.05, 3.63) is 48.1 Å². The molecule has 2 aromatic rings. The minimum atomic E-state index is -0.481. The maximum atomic E-state index is 13.1. The maximum Gasteiger partial charge on any atom is 0.255 e. The molecule has 0 atom stereocenters. The van der Waals surface area contributed by atoms with E-state index in [4.69, 9.17) is 0 Å². The Morgan fingerprint density at radius 3 is 2.62 bits per heavy atom. The lowest BCUT2D eigenvalue weighted by Crippen LogP contribution is -2.38. The van der Waals surface area contributed by atoms with Crippen molar-refractivity contribution in [2.45, 2.75) is 18.8 Å². The van der Waals surface area contributed by atoms with E-state index in [9.17, 15) is 9.18 Å². The lowest BCUT2D eigenvalue weighted by atomic mass is 9.93. The Labute approximate surface area is 122 Å². The number of amides is 1. The first kappa shape index (κ1) is 13.7. The summed E-state index contributed by atoms with van der Waals surface area (Å²) in [6, 6.07) is 1.24. The van der Waals surface area contributed by atoms with Crippen LogP contribution >= 0.6 is 0 Å². The van der Waals surface area contributed by atoms with Crippen LogP contribution in [0.2, 0.25) is 0 Å². The second-order valence-electron chi connectivity index (χ2n) is 5.39. The third-order valence-electron chi connectivity index (χ3n) is 4.01. The second-order valence-corrected chi connectivity index (χ2v) is 5.39. The minimum absolute atomic E-state index is 0.148. The number of halogens is 1. The molecule has 0 bridgehead atoms. The fraction of sp³-hybridized carbons (Fsp3) is 0.400. The van der Waals surface area contributed by atoms with Crippen LogP contribution in [0.4, 0.5) is 4.39 Å². The summed E-state index contributed by atoms with van der Waals surface area (Å²) in [6.07, 6.45) is 8.00. The first-order chi connectivity index (χ1) is 10.1. The Morgan fingerprint density at radius 2 is 2.00 bits per heavy atom. The Hall–Kier alpha value is -2.24. The number of piperidine rings is 1. The molecule has 1 aliphatic heterocycles. The van der Waals surface area contributed by atoms with Gasteiger partial charge in [0.2, 0.25) is 0 Å². The highest BCUT2D eigenvalue weighted by Gasteiger charge is 2.26. The molecule has 5 nitrogen and oxygen atoms in total. The number of hydrogen-bond acceptors (Lipinski definition) is 3. The molecule has 0 saturated carbocycles. The van der Waals surface area contributed by atoms with Gasteiger partial charge in [0.25, 0.3) is 5.91 Å². The van der Waals surface area contributed by atoms with Gasteiger partial charge in [0, 0.05) is 44.1 Å². The number of nitrogens with zero attached hydrogens (tertiary/aromatic N) is 4. The molecule has 0 N–H and O–H groups in total. The Balaban J connectivity index is 1.66. The summed E-state index contributed by atoms with van der Waals surface area (Å²) >= 11 is 0. The van der Waals surface area contributed by atoms with Crippen LogP contribution in [0.5, 0.6) is 0 Å². The van der Waals surface area contributed by atoms with E-state index in [0.29, 0.717) is 24.6 Å². The maximum absolute atomic E-state index is 13.1. The summed E-state index contributed by atoms with van der Waals surface area (Å²) < 4.78 is 15.2. The van der Waals surface area contributed by atoms with Crippen LogP contribution in [0, 0.1) is 5.82 Å². The van der Waals surface area contributed by atoms with Crippen LogP contribution < -0.4 is 0 Å². The van der Waals surface area contributed by atoms with Crippen molar-refractivity contribution >= 4 is 5.91 Å². The molecule has 1 amide bonds. The average molecular weight is 288 g/mol. The summed E-state index contributed by atoms with van der Waals surface area (Å²) in [6.45, 7) is 1.34. The van der Waals surface area contributed by atoms with Crippen molar-refractivity contribution in [1.82, 2.24) is 19.4 Å². The highest BCUT2D eigenvalue weighted by atomic mass is 19.1. The lowest BCUT2D eigenvalue weighted by Gasteiger charge is -2.32. The quantitative estimate of drug-likeness (QED) is 0.849. The van der Waals surface area contributed by atoms with Crippen LogP contribution in [0.1, 0.15) is 34.8 Å². The Kier molecular flexibility index (Phi) is 3.68. The minimum Gasteiger partial charge on any atom is -0.339 e. The molecule has 6 heteroatoms. The SMILES string of the molecule is Cn1cncc1C1CCN(C(=O)c2cncc(F)c2)CC1. The number of likely N-dealkylation sites (tertiary alicyclic amines) is 1. The molecular formula is C15H17FN4O. The molecule has 2 aromatic heterocycles. The number of carbonyl (C=O) groups is 1. The van der Waals surface area contributed by atoms with Crippen LogP contribution in [-0.4, -0.2) is 38.4 Å². The van der Waals surface area contributed by atoms with E-state index in [2.05, 4.69) is 9.97 Å². The monoisotopic (exact) mass is 288 g/mol. The third kappa shape index (κ3) is 2.79. The molecule has 0 spiro atoms. The second kappa shape index (κ2) is 5.63. The van der Waals surface area contributed by atoms with Crippen molar-refractivity contribution in [3.63, 3.8) is 0 Å². The van der Waals surface area contributed by atoms with Crippen LogP contribution in [-0.2, 0) is 7.05 Å². The van der Waals surface area contributed by atoms with Crippen LogP contribution in [0.15, 0.2) is 31.0 Å². The van der Waals surface area contributed by atoms with E-state index in [1.165, 1.54) is 18.0 Å². The molecular weight excluding hydrogens is 271 g/mol. The predicted molar refractivity (Wildman–Crippen MR) is 75.3 cm³/mol.